The Hall–Kier alpha value is -1.19. The fraction of sp³-hybridized carbons (Fsp3) is 0.684. The average molecular weight is 398 g/mol. The minimum Gasteiger partial charge on any atom is -0.486 e. The molecule has 0 unspecified atom stereocenters. The Morgan fingerprint density at radius 3 is 2.74 bits per heavy atom. The molecule has 0 aromatic heterocycles. The second kappa shape index (κ2) is 8.45. The normalized spacial score (nSPS) is 29.6. The predicted octanol–water partition coefficient (Wildman–Crippen LogP) is 0.749. The van der Waals surface area contributed by atoms with E-state index < -0.39 is 16.1 Å². The third-order valence-corrected chi connectivity index (χ3v) is 6.79. The number of likely N-dealkylation sites (tertiary alicyclic amines) is 1. The van der Waals surface area contributed by atoms with Crippen LogP contribution in [0.3, 0.4) is 0 Å². The third kappa shape index (κ3) is 5.00. The van der Waals surface area contributed by atoms with Crippen LogP contribution in [0.15, 0.2) is 29.2 Å². The minimum absolute atomic E-state index is 0.0184. The number of para-hydroxylation sites is 1. The Bertz CT molecular complexity index is 740. The Kier molecular flexibility index (Phi) is 6.43. The Morgan fingerprint density at radius 1 is 1.26 bits per heavy atom. The molecular weight excluding hydrogens is 366 g/mol. The molecule has 152 valence electrons. The van der Waals surface area contributed by atoms with Gasteiger partial charge in [0.25, 0.3) is 0 Å². The van der Waals surface area contributed by atoms with Gasteiger partial charge in [-0.2, -0.15) is 0 Å². The molecule has 0 saturated carbocycles. The van der Waals surface area contributed by atoms with Crippen molar-refractivity contribution in [3.63, 3.8) is 0 Å². The smallest absolute Gasteiger partial charge is 0.244 e. The lowest BCUT2D eigenvalue weighted by atomic mass is 10.1. The maximum Gasteiger partial charge on any atom is 0.244 e. The zero-order chi connectivity index (χ0) is 19.6. The monoisotopic (exact) mass is 397 g/mol. The molecule has 27 heavy (non-hydrogen) atoms. The van der Waals surface area contributed by atoms with E-state index in [0.29, 0.717) is 18.2 Å². The number of sulfonamides is 1. The van der Waals surface area contributed by atoms with E-state index in [0.717, 1.165) is 26.1 Å². The molecule has 0 spiro atoms. The zero-order valence-corrected chi connectivity index (χ0v) is 17.2. The van der Waals surface area contributed by atoms with Crippen LogP contribution in [0.5, 0.6) is 5.75 Å². The van der Waals surface area contributed by atoms with E-state index in [1.807, 2.05) is 7.05 Å². The second-order valence-electron chi connectivity index (χ2n) is 8.06. The van der Waals surface area contributed by atoms with Crippen LogP contribution < -0.4 is 9.46 Å². The molecule has 2 aliphatic rings. The number of hydrogen-bond donors (Lipinski definition) is 2. The standard InChI is InChI=1S/C19H31N3O4S/c1-14(2)8-9-22-12-16-18(13-22)26-17-6-4-5-7-19(17)27(24,25)20-10-15(23)11-21(16)3/h4-7,14-16,18,20,23H,8-13H2,1-3H3/t15-,16+,18-/m0/s1. The number of aliphatic hydroxyl groups excluding tert-OH is 1. The molecule has 0 amide bonds. The number of β-amino-alcohol motifs (C(OH)–C–C–N with tert-alkyl or cyclic N) is 1. The van der Waals surface area contributed by atoms with Gasteiger partial charge in [0.05, 0.1) is 12.1 Å². The number of benzene rings is 1. The van der Waals surface area contributed by atoms with Gasteiger partial charge in [-0.15, -0.1) is 0 Å². The molecule has 0 aliphatic carbocycles. The van der Waals surface area contributed by atoms with Crippen molar-refractivity contribution in [2.45, 2.75) is 43.4 Å². The van der Waals surface area contributed by atoms with Gasteiger partial charge >= 0.3 is 0 Å². The molecule has 1 aromatic carbocycles. The summed E-state index contributed by atoms with van der Waals surface area (Å²) < 4.78 is 34.1. The van der Waals surface area contributed by atoms with Crippen LogP contribution in [0.2, 0.25) is 0 Å². The Labute approximate surface area is 162 Å². The van der Waals surface area contributed by atoms with Crippen LogP contribution in [0, 0.1) is 5.92 Å². The maximum absolute atomic E-state index is 12.7. The SMILES string of the molecule is CC(C)CCN1C[C@@H]2Oc3ccccc3S(=O)(=O)NC[C@H](O)CN(C)[C@@H]2C1. The summed E-state index contributed by atoms with van der Waals surface area (Å²) in [5.41, 5.74) is 0. The van der Waals surface area contributed by atoms with Gasteiger partial charge in [-0.3, -0.25) is 9.80 Å². The molecule has 2 N–H and O–H groups in total. The van der Waals surface area contributed by atoms with Gasteiger partial charge < -0.3 is 9.84 Å². The quantitative estimate of drug-likeness (QED) is 0.783. The first-order valence-corrected chi connectivity index (χ1v) is 11.1. The molecule has 3 rings (SSSR count). The molecule has 3 atom stereocenters. The van der Waals surface area contributed by atoms with E-state index in [4.69, 9.17) is 4.74 Å². The van der Waals surface area contributed by atoms with Crippen LogP contribution >= 0.6 is 0 Å². The highest BCUT2D eigenvalue weighted by Gasteiger charge is 2.38. The van der Waals surface area contributed by atoms with Crippen LogP contribution in [-0.4, -0.2) is 81.3 Å². The van der Waals surface area contributed by atoms with E-state index in [1.165, 1.54) is 0 Å². The average Bonchev–Trinajstić information content (AvgIpc) is 3.01. The van der Waals surface area contributed by atoms with E-state index >= 15 is 0 Å². The number of rotatable bonds is 3. The number of hydrogen-bond acceptors (Lipinski definition) is 6. The number of ether oxygens (including phenoxy) is 1. The number of likely N-dealkylation sites (N-methyl/N-ethyl adjacent to an activating group) is 1. The molecule has 1 saturated heterocycles. The fourth-order valence-electron chi connectivity index (χ4n) is 3.74. The summed E-state index contributed by atoms with van der Waals surface area (Å²) in [6, 6.07) is 6.82. The van der Waals surface area contributed by atoms with Gasteiger partial charge in [0, 0.05) is 26.2 Å². The number of aliphatic hydroxyl groups is 1. The highest BCUT2D eigenvalue weighted by molar-refractivity contribution is 7.89. The van der Waals surface area contributed by atoms with E-state index in [1.54, 1.807) is 24.3 Å². The molecular formula is C19H31N3O4S. The lowest BCUT2D eigenvalue weighted by molar-refractivity contribution is 0.0713. The molecule has 2 aliphatic heterocycles. The fourth-order valence-corrected chi connectivity index (χ4v) is 4.95. The zero-order valence-electron chi connectivity index (χ0n) is 16.3. The summed E-state index contributed by atoms with van der Waals surface area (Å²) in [5.74, 6) is 1.00. The summed E-state index contributed by atoms with van der Waals surface area (Å²) in [6.07, 6.45) is 0.185. The Morgan fingerprint density at radius 2 is 2.00 bits per heavy atom. The number of nitrogens with one attached hydrogen (secondary N) is 1. The molecule has 1 fully saturated rings. The van der Waals surface area contributed by atoms with Crippen molar-refractivity contribution in [3.8, 4) is 5.75 Å². The number of fused-ring (bicyclic) bond motifs is 2. The lowest BCUT2D eigenvalue weighted by Gasteiger charge is -2.30. The maximum atomic E-state index is 12.7. The Balaban J connectivity index is 1.89. The van der Waals surface area contributed by atoms with Gasteiger partial charge in [0.2, 0.25) is 10.0 Å². The van der Waals surface area contributed by atoms with Gasteiger partial charge in [0.1, 0.15) is 16.7 Å². The van der Waals surface area contributed by atoms with Crippen molar-refractivity contribution < 1.29 is 18.3 Å². The first-order valence-electron chi connectivity index (χ1n) is 9.62. The van der Waals surface area contributed by atoms with Crippen molar-refractivity contribution in [1.29, 1.82) is 0 Å². The molecule has 0 bridgehead atoms. The minimum atomic E-state index is -3.74. The second-order valence-corrected chi connectivity index (χ2v) is 9.79. The highest BCUT2D eigenvalue weighted by atomic mass is 32.2. The third-order valence-electron chi connectivity index (χ3n) is 5.33. The lowest BCUT2D eigenvalue weighted by Crippen LogP contribution is -2.47. The summed E-state index contributed by atoms with van der Waals surface area (Å²) in [5, 5.41) is 10.3. The highest BCUT2D eigenvalue weighted by Crippen LogP contribution is 2.28. The van der Waals surface area contributed by atoms with Gasteiger partial charge in [0.15, 0.2) is 0 Å². The molecule has 2 heterocycles. The largest absolute Gasteiger partial charge is 0.486 e. The van der Waals surface area contributed by atoms with Crippen molar-refractivity contribution in [2.75, 3.05) is 39.8 Å². The van der Waals surface area contributed by atoms with E-state index in [9.17, 15) is 13.5 Å². The van der Waals surface area contributed by atoms with Gasteiger partial charge in [-0.25, -0.2) is 13.1 Å². The first kappa shape index (κ1) is 20.5. The van der Waals surface area contributed by atoms with Crippen LogP contribution in [-0.2, 0) is 10.0 Å². The topological polar surface area (TPSA) is 82.1 Å². The van der Waals surface area contributed by atoms with Gasteiger partial charge in [-0.05, 0) is 38.1 Å². The van der Waals surface area contributed by atoms with Crippen molar-refractivity contribution in [2.24, 2.45) is 5.92 Å². The first-order chi connectivity index (χ1) is 12.8. The summed E-state index contributed by atoms with van der Waals surface area (Å²) >= 11 is 0. The van der Waals surface area contributed by atoms with Crippen molar-refractivity contribution in [3.05, 3.63) is 24.3 Å². The predicted molar refractivity (Wildman–Crippen MR) is 104 cm³/mol. The summed E-state index contributed by atoms with van der Waals surface area (Å²) in [4.78, 5) is 4.59. The summed E-state index contributed by atoms with van der Waals surface area (Å²) in [6.45, 7) is 7.39. The molecule has 1 aromatic rings. The molecule has 0 radical (unpaired) electrons. The van der Waals surface area contributed by atoms with Crippen LogP contribution in [0.1, 0.15) is 20.3 Å². The van der Waals surface area contributed by atoms with Crippen LogP contribution in [0.25, 0.3) is 0 Å². The van der Waals surface area contributed by atoms with Gasteiger partial charge in [-0.1, -0.05) is 26.0 Å². The van der Waals surface area contributed by atoms with E-state index in [-0.39, 0.29) is 23.6 Å². The summed E-state index contributed by atoms with van der Waals surface area (Å²) in [7, 11) is -1.77. The van der Waals surface area contributed by atoms with E-state index in [2.05, 4.69) is 28.4 Å². The number of nitrogens with zero attached hydrogens (tertiary/aromatic N) is 2. The van der Waals surface area contributed by atoms with Crippen LogP contribution in [0.4, 0.5) is 0 Å². The molecule has 8 heteroatoms. The van der Waals surface area contributed by atoms with Crippen molar-refractivity contribution >= 4 is 10.0 Å². The van der Waals surface area contributed by atoms with Crippen molar-refractivity contribution in [1.82, 2.24) is 14.5 Å². The molecule has 7 nitrogen and oxygen atoms in total.